The van der Waals surface area contributed by atoms with Crippen molar-refractivity contribution in [3.8, 4) is 0 Å². The summed E-state index contributed by atoms with van der Waals surface area (Å²) in [5.74, 6) is 0.562. The van der Waals surface area contributed by atoms with Crippen molar-refractivity contribution < 1.29 is 14.5 Å². The highest BCUT2D eigenvalue weighted by Gasteiger charge is 2.07. The van der Waals surface area contributed by atoms with Crippen molar-refractivity contribution in [2.24, 2.45) is 0 Å². The summed E-state index contributed by atoms with van der Waals surface area (Å²) in [6, 6.07) is 6.18. The van der Waals surface area contributed by atoms with Gasteiger partial charge in [-0.3, -0.25) is 14.9 Å². The Morgan fingerprint density at radius 3 is 2.50 bits per heavy atom. The molecule has 0 saturated heterocycles. The molecule has 0 atom stereocenters. The van der Waals surface area contributed by atoms with E-state index in [9.17, 15) is 14.9 Å². The monoisotopic (exact) mass is 267 g/mol. The number of benzene rings is 1. The predicted octanol–water partition coefficient (Wildman–Crippen LogP) is 2.51. The number of hydrogen-bond acceptors (Lipinski definition) is 5. The van der Waals surface area contributed by atoms with Crippen molar-refractivity contribution in [1.29, 1.82) is 0 Å². The van der Waals surface area contributed by atoms with Crippen molar-refractivity contribution in [3.63, 3.8) is 0 Å². The molecule has 0 N–H and O–H groups in total. The molecule has 0 unspecified atom stereocenters. The first-order chi connectivity index (χ1) is 8.54. The lowest BCUT2D eigenvalue weighted by Crippen LogP contribution is -2.04. The molecule has 1 rings (SSSR count). The number of esters is 1. The first-order valence-electron chi connectivity index (χ1n) is 5.11. The van der Waals surface area contributed by atoms with Crippen LogP contribution in [0.3, 0.4) is 0 Å². The molecule has 0 fully saturated rings. The van der Waals surface area contributed by atoms with Crippen LogP contribution < -0.4 is 0 Å². The van der Waals surface area contributed by atoms with Gasteiger partial charge in [0.15, 0.2) is 0 Å². The van der Waals surface area contributed by atoms with Gasteiger partial charge in [-0.25, -0.2) is 0 Å². The lowest BCUT2D eigenvalue weighted by molar-refractivity contribution is -0.384. The molecule has 0 heterocycles. The van der Waals surface area contributed by atoms with Crippen LogP contribution in [0.1, 0.15) is 5.56 Å². The molecule has 0 aliphatic rings. The van der Waals surface area contributed by atoms with Crippen LogP contribution in [0.15, 0.2) is 30.8 Å². The van der Waals surface area contributed by atoms with E-state index >= 15 is 0 Å². The zero-order valence-electron chi connectivity index (χ0n) is 9.92. The van der Waals surface area contributed by atoms with Gasteiger partial charge in [-0.1, -0.05) is 6.58 Å². The molecule has 6 heteroatoms. The molecule has 18 heavy (non-hydrogen) atoms. The third-order valence-corrected chi connectivity index (χ3v) is 3.20. The smallest absolute Gasteiger partial charge is 0.315 e. The standard InChI is InChI=1S/C12H13NO4S/c1-9(7-18-8-12(14)17-2)10-3-5-11(6-4-10)13(15)16/h3-6H,1,7-8H2,2H3. The summed E-state index contributed by atoms with van der Waals surface area (Å²) in [7, 11) is 1.34. The number of methoxy groups -OCH3 is 1. The van der Waals surface area contributed by atoms with Crippen LogP contribution >= 0.6 is 11.8 Å². The topological polar surface area (TPSA) is 69.4 Å². The Hall–Kier alpha value is -1.82. The van der Waals surface area contributed by atoms with Gasteiger partial charge >= 0.3 is 5.97 Å². The van der Waals surface area contributed by atoms with Gasteiger partial charge in [0.25, 0.3) is 5.69 Å². The largest absolute Gasteiger partial charge is 0.468 e. The van der Waals surface area contributed by atoms with Crippen LogP contribution in [0.5, 0.6) is 0 Å². The zero-order chi connectivity index (χ0) is 13.5. The number of thioether (sulfide) groups is 1. The quantitative estimate of drug-likeness (QED) is 0.450. The first-order valence-corrected chi connectivity index (χ1v) is 6.27. The Kier molecular flexibility index (Phi) is 5.38. The van der Waals surface area contributed by atoms with Gasteiger partial charge in [-0.2, -0.15) is 0 Å². The number of nitrogens with zero attached hydrogens (tertiary/aromatic N) is 1. The lowest BCUT2D eigenvalue weighted by atomic mass is 10.1. The average molecular weight is 267 g/mol. The van der Waals surface area contributed by atoms with Crippen molar-refractivity contribution in [2.45, 2.75) is 0 Å². The van der Waals surface area contributed by atoms with Crippen LogP contribution in [0.25, 0.3) is 5.57 Å². The van der Waals surface area contributed by atoms with E-state index < -0.39 is 4.92 Å². The minimum absolute atomic E-state index is 0.0498. The SMILES string of the molecule is C=C(CSCC(=O)OC)c1ccc([N+](=O)[O-])cc1. The summed E-state index contributed by atoms with van der Waals surface area (Å²) >= 11 is 1.39. The zero-order valence-corrected chi connectivity index (χ0v) is 10.7. The molecule has 1 aromatic rings. The maximum absolute atomic E-state index is 10.9. The molecular formula is C12H13NO4S. The third-order valence-electron chi connectivity index (χ3n) is 2.21. The Labute approximate surface area is 109 Å². The molecule has 0 aliphatic heterocycles. The number of rotatable bonds is 6. The second-order valence-corrected chi connectivity index (χ2v) is 4.46. The van der Waals surface area contributed by atoms with E-state index in [1.165, 1.54) is 31.0 Å². The second kappa shape index (κ2) is 6.80. The molecule has 1 aromatic carbocycles. The molecule has 0 spiro atoms. The van der Waals surface area contributed by atoms with E-state index in [0.717, 1.165) is 11.1 Å². The summed E-state index contributed by atoms with van der Waals surface area (Å²) < 4.78 is 4.52. The fourth-order valence-corrected chi connectivity index (χ4v) is 2.02. The van der Waals surface area contributed by atoms with Crippen molar-refractivity contribution in [3.05, 3.63) is 46.5 Å². The Balaban J connectivity index is 2.51. The van der Waals surface area contributed by atoms with Gasteiger partial charge in [-0.15, -0.1) is 11.8 Å². The number of hydrogen-bond donors (Lipinski definition) is 0. The maximum atomic E-state index is 10.9. The van der Waals surface area contributed by atoms with Gasteiger partial charge in [0, 0.05) is 17.9 Å². The highest BCUT2D eigenvalue weighted by Crippen LogP contribution is 2.20. The van der Waals surface area contributed by atoms with E-state index in [1.807, 2.05) is 0 Å². The number of nitro benzene ring substituents is 1. The summed E-state index contributed by atoms with van der Waals surface area (Å²) in [6.07, 6.45) is 0. The Morgan fingerprint density at radius 1 is 1.39 bits per heavy atom. The minimum atomic E-state index is -0.446. The number of non-ortho nitro benzene ring substituents is 1. The summed E-state index contributed by atoms with van der Waals surface area (Å²) in [5, 5.41) is 10.5. The number of carbonyl (C=O) groups is 1. The number of carbonyl (C=O) groups excluding carboxylic acids is 1. The lowest BCUT2D eigenvalue weighted by Gasteiger charge is -2.05. The maximum Gasteiger partial charge on any atom is 0.315 e. The van der Waals surface area contributed by atoms with Gasteiger partial charge in [0.2, 0.25) is 0 Å². The normalized spacial score (nSPS) is 9.83. The molecule has 0 aliphatic carbocycles. The van der Waals surface area contributed by atoms with Gasteiger partial charge < -0.3 is 4.74 Å². The molecule has 96 valence electrons. The Bertz CT molecular complexity index is 456. The van der Waals surface area contributed by atoms with E-state index in [0.29, 0.717) is 5.75 Å². The first kappa shape index (κ1) is 14.2. The van der Waals surface area contributed by atoms with Crippen LogP contribution in [0.4, 0.5) is 5.69 Å². The van der Waals surface area contributed by atoms with Gasteiger partial charge in [-0.05, 0) is 23.3 Å². The highest BCUT2D eigenvalue weighted by atomic mass is 32.2. The average Bonchev–Trinajstić information content (AvgIpc) is 2.38. The second-order valence-electron chi connectivity index (χ2n) is 3.48. The molecular weight excluding hydrogens is 254 g/mol. The van der Waals surface area contributed by atoms with Gasteiger partial charge in [0.05, 0.1) is 17.8 Å². The summed E-state index contributed by atoms with van der Waals surface area (Å²) in [4.78, 5) is 20.9. The van der Waals surface area contributed by atoms with E-state index in [2.05, 4.69) is 11.3 Å². The molecule has 0 aromatic heterocycles. The summed E-state index contributed by atoms with van der Waals surface area (Å²) in [5.41, 5.74) is 1.70. The van der Waals surface area contributed by atoms with Crippen molar-refractivity contribution >= 4 is 29.0 Å². The molecule has 0 amide bonds. The molecule has 0 radical (unpaired) electrons. The van der Waals surface area contributed by atoms with Crippen LogP contribution in [0, 0.1) is 10.1 Å². The minimum Gasteiger partial charge on any atom is -0.468 e. The molecule has 0 bridgehead atoms. The third kappa shape index (κ3) is 4.21. The van der Waals surface area contributed by atoms with Crippen LogP contribution in [-0.4, -0.2) is 29.5 Å². The number of nitro groups is 1. The predicted molar refractivity (Wildman–Crippen MR) is 71.5 cm³/mol. The van der Waals surface area contributed by atoms with Crippen LogP contribution in [0.2, 0.25) is 0 Å². The molecule has 0 saturated carbocycles. The van der Waals surface area contributed by atoms with Crippen molar-refractivity contribution in [2.75, 3.05) is 18.6 Å². The van der Waals surface area contributed by atoms with E-state index in [1.54, 1.807) is 12.1 Å². The highest BCUT2D eigenvalue weighted by molar-refractivity contribution is 8.00. The fraction of sp³-hybridized carbons (Fsp3) is 0.250. The van der Waals surface area contributed by atoms with Crippen molar-refractivity contribution in [1.82, 2.24) is 0 Å². The van der Waals surface area contributed by atoms with E-state index in [-0.39, 0.29) is 17.4 Å². The fourth-order valence-electron chi connectivity index (χ4n) is 1.22. The summed E-state index contributed by atoms with van der Waals surface area (Å²) in [6.45, 7) is 3.88. The van der Waals surface area contributed by atoms with Crippen LogP contribution in [-0.2, 0) is 9.53 Å². The number of ether oxygens (including phenoxy) is 1. The Morgan fingerprint density at radius 2 is 2.00 bits per heavy atom. The van der Waals surface area contributed by atoms with Gasteiger partial charge in [0.1, 0.15) is 0 Å². The molecule has 5 nitrogen and oxygen atoms in total. The van der Waals surface area contributed by atoms with E-state index in [4.69, 9.17) is 0 Å².